The lowest BCUT2D eigenvalue weighted by molar-refractivity contribution is 0.833. The molecule has 5 nitrogen and oxygen atoms in total. The van der Waals surface area contributed by atoms with Crippen LogP contribution in [-0.2, 0) is 0 Å². The Morgan fingerprint density at radius 1 is 1.12 bits per heavy atom. The van der Waals surface area contributed by atoms with E-state index in [0.717, 1.165) is 11.5 Å². The van der Waals surface area contributed by atoms with Gasteiger partial charge in [-0.05, 0) is 6.92 Å². The lowest BCUT2D eigenvalue weighted by atomic mass is 10.4. The summed E-state index contributed by atoms with van der Waals surface area (Å²) in [6.07, 6.45) is 7.21. The highest BCUT2D eigenvalue weighted by Crippen LogP contribution is 2.00. The van der Waals surface area contributed by atoms with Crippen molar-refractivity contribution in [3.05, 3.63) is 30.7 Å². The van der Waals surface area contributed by atoms with Gasteiger partial charge in [0.1, 0.15) is 19.0 Å². The van der Waals surface area contributed by atoms with E-state index in [0.29, 0.717) is 0 Å². The number of hydrogen-bond donors (Lipinski definition) is 0. The molecule has 0 bridgehead atoms. The van der Waals surface area contributed by atoms with E-state index < -0.39 is 0 Å². The van der Waals surface area contributed by atoms with Gasteiger partial charge in [0.2, 0.25) is 0 Å². The van der Waals surface area contributed by atoms with Crippen LogP contribution in [0.2, 0.25) is 0 Å². The van der Waals surface area contributed by atoms with Crippen LogP contribution in [0.3, 0.4) is 0 Å². The third-order valence-electron chi connectivity index (χ3n) is 1.94. The Balaban J connectivity index is 0.000000280. The fourth-order valence-electron chi connectivity index (χ4n) is 0.892. The van der Waals surface area contributed by atoms with Gasteiger partial charge in [-0.3, -0.25) is 0 Å². The molecular weight excluding hydrogens is 202 g/mol. The van der Waals surface area contributed by atoms with E-state index in [1.807, 2.05) is 13.0 Å². The van der Waals surface area contributed by atoms with E-state index in [1.165, 1.54) is 25.5 Å². The Hall–Kier alpha value is -1.78. The molecule has 0 aromatic carbocycles. The van der Waals surface area contributed by atoms with E-state index >= 15 is 0 Å². The van der Waals surface area contributed by atoms with Crippen molar-refractivity contribution in [3.63, 3.8) is 0 Å². The average Bonchev–Trinajstić information content (AvgIpc) is 2.83. The summed E-state index contributed by atoms with van der Waals surface area (Å²) in [6, 6.07) is 1.84. The van der Waals surface area contributed by atoms with E-state index in [9.17, 15) is 0 Å². The second-order valence-corrected chi connectivity index (χ2v) is 3.36. The Morgan fingerprint density at radius 3 is 2.38 bits per heavy atom. The molecule has 2 rings (SSSR count). The Kier molecular flexibility index (Phi) is 5.11. The van der Waals surface area contributed by atoms with Crippen LogP contribution in [-0.4, -0.2) is 24.7 Å². The van der Waals surface area contributed by atoms with Gasteiger partial charge < -0.3 is 0 Å². The van der Waals surface area contributed by atoms with Crippen molar-refractivity contribution in [1.82, 2.24) is 24.7 Å². The van der Waals surface area contributed by atoms with Crippen molar-refractivity contribution in [3.8, 4) is 5.82 Å². The standard InChI is InChI=1S/C7H7N5.C4H10/c1-6-2-7(10-4-9-6)12-5-8-3-11-12;1-3-4-2/h2-5H,1H3;3-4H2,1-2H3. The summed E-state index contributed by atoms with van der Waals surface area (Å²) in [5, 5.41) is 3.94. The maximum absolute atomic E-state index is 4.03. The molecule has 16 heavy (non-hydrogen) atoms. The molecule has 2 heterocycles. The normalized spacial score (nSPS) is 9.44. The predicted molar refractivity (Wildman–Crippen MR) is 62.3 cm³/mol. The zero-order chi connectivity index (χ0) is 11.8. The fraction of sp³-hybridized carbons (Fsp3) is 0.455. The minimum Gasteiger partial charge on any atom is -0.242 e. The highest BCUT2D eigenvalue weighted by atomic mass is 15.3. The zero-order valence-electron chi connectivity index (χ0n) is 9.96. The van der Waals surface area contributed by atoms with Crippen LogP contribution >= 0.6 is 0 Å². The molecule has 0 N–H and O–H groups in total. The van der Waals surface area contributed by atoms with Gasteiger partial charge in [0.05, 0.1) is 0 Å². The highest BCUT2D eigenvalue weighted by Gasteiger charge is 1.97. The molecule has 0 aliphatic carbocycles. The number of rotatable bonds is 2. The monoisotopic (exact) mass is 219 g/mol. The molecule has 5 heteroatoms. The first-order valence-electron chi connectivity index (χ1n) is 5.41. The average molecular weight is 219 g/mol. The summed E-state index contributed by atoms with van der Waals surface area (Å²) >= 11 is 0. The van der Waals surface area contributed by atoms with E-state index in [-0.39, 0.29) is 0 Å². The van der Waals surface area contributed by atoms with E-state index in [1.54, 1.807) is 11.0 Å². The van der Waals surface area contributed by atoms with Gasteiger partial charge in [0.15, 0.2) is 5.82 Å². The van der Waals surface area contributed by atoms with Gasteiger partial charge in [-0.2, -0.15) is 5.10 Å². The summed E-state index contributed by atoms with van der Waals surface area (Å²) in [6.45, 7) is 6.27. The molecule has 2 aromatic heterocycles. The number of unbranched alkanes of at least 4 members (excludes halogenated alkanes) is 1. The van der Waals surface area contributed by atoms with Gasteiger partial charge in [-0.15, -0.1) is 0 Å². The summed E-state index contributed by atoms with van der Waals surface area (Å²) in [5.41, 5.74) is 0.913. The van der Waals surface area contributed by atoms with Gasteiger partial charge in [0, 0.05) is 11.8 Å². The number of aryl methyl sites for hydroxylation is 1. The van der Waals surface area contributed by atoms with Crippen LogP contribution in [0.4, 0.5) is 0 Å². The van der Waals surface area contributed by atoms with Crippen LogP contribution in [0.25, 0.3) is 5.82 Å². The van der Waals surface area contributed by atoms with Crippen molar-refractivity contribution in [2.24, 2.45) is 0 Å². The second-order valence-electron chi connectivity index (χ2n) is 3.36. The molecule has 0 saturated carbocycles. The molecule has 86 valence electrons. The molecule has 0 fully saturated rings. The Bertz CT molecular complexity index is 395. The highest BCUT2D eigenvalue weighted by molar-refractivity contribution is 5.20. The van der Waals surface area contributed by atoms with Crippen LogP contribution in [0.1, 0.15) is 32.4 Å². The molecule has 0 aliphatic heterocycles. The van der Waals surface area contributed by atoms with Crippen molar-refractivity contribution in [1.29, 1.82) is 0 Å². The van der Waals surface area contributed by atoms with Gasteiger partial charge >= 0.3 is 0 Å². The molecule has 0 atom stereocenters. The minimum atomic E-state index is 0.736. The van der Waals surface area contributed by atoms with Crippen LogP contribution < -0.4 is 0 Å². The zero-order valence-corrected chi connectivity index (χ0v) is 9.96. The van der Waals surface area contributed by atoms with Crippen LogP contribution in [0, 0.1) is 6.92 Å². The molecule has 0 saturated heterocycles. The maximum atomic E-state index is 4.03. The third kappa shape index (κ3) is 3.76. The minimum absolute atomic E-state index is 0.736. The van der Waals surface area contributed by atoms with Crippen molar-refractivity contribution in [2.75, 3.05) is 0 Å². The summed E-state index contributed by atoms with van der Waals surface area (Å²) < 4.78 is 1.59. The SMILES string of the molecule is CCCC.Cc1cc(-n2cncn2)ncn1. The van der Waals surface area contributed by atoms with Crippen LogP contribution in [0.15, 0.2) is 25.0 Å². The number of aromatic nitrogens is 5. The van der Waals surface area contributed by atoms with Gasteiger partial charge in [0.25, 0.3) is 0 Å². The first-order valence-corrected chi connectivity index (χ1v) is 5.41. The maximum Gasteiger partial charge on any atom is 0.158 e. The molecular formula is C11H17N5. The number of hydrogen-bond acceptors (Lipinski definition) is 4. The topological polar surface area (TPSA) is 56.5 Å². The smallest absolute Gasteiger partial charge is 0.158 e. The molecule has 2 aromatic rings. The van der Waals surface area contributed by atoms with Gasteiger partial charge in [-0.1, -0.05) is 26.7 Å². The van der Waals surface area contributed by atoms with Crippen molar-refractivity contribution >= 4 is 0 Å². The molecule has 0 spiro atoms. The fourth-order valence-corrected chi connectivity index (χ4v) is 0.892. The second kappa shape index (κ2) is 6.66. The summed E-state index contributed by atoms with van der Waals surface area (Å²) in [5.74, 6) is 0.736. The van der Waals surface area contributed by atoms with Crippen molar-refractivity contribution < 1.29 is 0 Å². The summed E-state index contributed by atoms with van der Waals surface area (Å²) in [4.78, 5) is 11.8. The van der Waals surface area contributed by atoms with E-state index in [4.69, 9.17) is 0 Å². The first-order chi connectivity index (χ1) is 7.77. The lowest BCUT2D eigenvalue weighted by Crippen LogP contribution is -1.98. The van der Waals surface area contributed by atoms with Gasteiger partial charge in [-0.25, -0.2) is 19.6 Å². The Labute approximate surface area is 95.6 Å². The Morgan fingerprint density at radius 2 is 1.88 bits per heavy atom. The predicted octanol–water partition coefficient (Wildman–Crippen LogP) is 2.17. The first kappa shape index (κ1) is 12.3. The molecule has 0 amide bonds. The molecule has 0 aliphatic rings. The third-order valence-corrected chi connectivity index (χ3v) is 1.94. The largest absolute Gasteiger partial charge is 0.242 e. The molecule has 0 unspecified atom stereocenters. The van der Waals surface area contributed by atoms with E-state index in [2.05, 4.69) is 33.9 Å². The quantitative estimate of drug-likeness (QED) is 0.776. The van der Waals surface area contributed by atoms with Crippen molar-refractivity contribution in [2.45, 2.75) is 33.6 Å². The number of nitrogens with zero attached hydrogens (tertiary/aromatic N) is 5. The summed E-state index contributed by atoms with van der Waals surface area (Å²) in [7, 11) is 0. The van der Waals surface area contributed by atoms with Crippen LogP contribution in [0.5, 0.6) is 0 Å². The lowest BCUT2D eigenvalue weighted by Gasteiger charge is -1.97. The molecule has 0 radical (unpaired) electrons.